The van der Waals surface area contributed by atoms with Gasteiger partial charge in [-0.25, -0.2) is 8.42 Å². The Morgan fingerprint density at radius 2 is 2.00 bits per heavy atom. The zero-order valence-electron chi connectivity index (χ0n) is 9.46. The molecule has 0 saturated heterocycles. The molecule has 1 N–H and O–H groups in total. The summed E-state index contributed by atoms with van der Waals surface area (Å²) in [6.45, 7) is 0.181. The van der Waals surface area contributed by atoms with E-state index in [1.807, 2.05) is 0 Å². The molecule has 17 heavy (non-hydrogen) atoms. The van der Waals surface area contributed by atoms with Crippen molar-refractivity contribution in [2.45, 2.75) is 36.1 Å². The number of hydrogen-bond acceptors (Lipinski definition) is 4. The first kappa shape index (κ1) is 15.1. The second-order valence-electron chi connectivity index (χ2n) is 4.15. The molecule has 1 aliphatic rings. The van der Waals surface area contributed by atoms with Crippen molar-refractivity contribution in [2.75, 3.05) is 18.6 Å². The van der Waals surface area contributed by atoms with E-state index in [4.69, 9.17) is 0 Å². The van der Waals surface area contributed by atoms with Crippen molar-refractivity contribution in [1.82, 2.24) is 5.32 Å². The van der Waals surface area contributed by atoms with E-state index in [2.05, 4.69) is 5.32 Å². The van der Waals surface area contributed by atoms with Crippen molar-refractivity contribution in [3.63, 3.8) is 0 Å². The van der Waals surface area contributed by atoms with E-state index in [0.29, 0.717) is 12.8 Å². The lowest BCUT2D eigenvalue weighted by atomic mass is 10.2. The molecule has 0 bridgehead atoms. The summed E-state index contributed by atoms with van der Waals surface area (Å²) in [6, 6.07) is -0.196. The van der Waals surface area contributed by atoms with E-state index < -0.39 is 20.6 Å². The molecular formula is C9H16F3NO2S2. The fourth-order valence-electron chi connectivity index (χ4n) is 2.08. The van der Waals surface area contributed by atoms with Crippen LogP contribution >= 0.6 is 11.8 Å². The van der Waals surface area contributed by atoms with E-state index >= 15 is 0 Å². The number of nitrogens with one attached hydrogen (secondary N) is 1. The van der Waals surface area contributed by atoms with Crippen molar-refractivity contribution in [2.24, 2.45) is 0 Å². The van der Waals surface area contributed by atoms with Gasteiger partial charge in [0.2, 0.25) is 0 Å². The van der Waals surface area contributed by atoms with Crippen LogP contribution in [-0.4, -0.2) is 43.8 Å². The Balaban J connectivity index is 2.32. The monoisotopic (exact) mass is 291 g/mol. The van der Waals surface area contributed by atoms with Crippen LogP contribution in [0.3, 0.4) is 0 Å². The van der Waals surface area contributed by atoms with Crippen LogP contribution in [0.25, 0.3) is 0 Å². The zero-order valence-corrected chi connectivity index (χ0v) is 11.1. The third kappa shape index (κ3) is 5.48. The van der Waals surface area contributed by atoms with Gasteiger partial charge in [0, 0.05) is 24.6 Å². The second kappa shape index (κ2) is 5.79. The van der Waals surface area contributed by atoms with Crippen LogP contribution in [0.4, 0.5) is 13.2 Å². The Morgan fingerprint density at radius 3 is 2.53 bits per heavy atom. The van der Waals surface area contributed by atoms with Gasteiger partial charge in [-0.3, -0.25) is 0 Å². The standard InChI is InChI=1S/C9H16F3NO2S2/c1-17(14,15)8-4-2-3-7(8)13-5-6-16-9(10,11)12/h7-8,13H,2-6H2,1H3. The number of halogens is 3. The third-order valence-corrected chi connectivity index (χ3v) is 5.18. The SMILES string of the molecule is CS(=O)(=O)C1CCCC1NCCSC(F)(F)F. The van der Waals surface area contributed by atoms with Crippen LogP contribution in [0, 0.1) is 0 Å². The Kier molecular flexibility index (Phi) is 5.15. The number of thioether (sulfide) groups is 1. The number of hydrogen-bond donors (Lipinski definition) is 1. The molecule has 0 radical (unpaired) electrons. The number of alkyl halides is 3. The summed E-state index contributed by atoms with van der Waals surface area (Å²) in [4.78, 5) is 0. The zero-order chi connectivity index (χ0) is 13.1. The first-order chi connectivity index (χ1) is 7.70. The maximum absolute atomic E-state index is 11.9. The van der Waals surface area contributed by atoms with E-state index in [-0.39, 0.29) is 30.1 Å². The van der Waals surface area contributed by atoms with Gasteiger partial charge >= 0.3 is 5.51 Å². The van der Waals surface area contributed by atoms with E-state index in [1.165, 1.54) is 6.26 Å². The summed E-state index contributed by atoms with van der Waals surface area (Å²) in [6.07, 6.45) is 3.31. The lowest BCUT2D eigenvalue weighted by Gasteiger charge is -2.19. The summed E-state index contributed by atoms with van der Waals surface area (Å²) >= 11 is -0.0863. The predicted molar refractivity (Wildman–Crippen MR) is 62.8 cm³/mol. The fraction of sp³-hybridized carbons (Fsp3) is 1.00. The van der Waals surface area contributed by atoms with Crippen LogP contribution < -0.4 is 5.32 Å². The Bertz CT molecular complexity index is 343. The summed E-state index contributed by atoms with van der Waals surface area (Å²) in [7, 11) is -3.11. The summed E-state index contributed by atoms with van der Waals surface area (Å²) in [5.74, 6) is -0.0868. The van der Waals surface area contributed by atoms with Gasteiger partial charge in [-0.1, -0.05) is 6.42 Å². The predicted octanol–water partition coefficient (Wildman–Crippen LogP) is 1.79. The number of rotatable bonds is 5. The minimum absolute atomic E-state index is 0.0863. The summed E-state index contributed by atoms with van der Waals surface area (Å²) in [5.41, 5.74) is -4.21. The molecule has 0 aromatic rings. The molecule has 0 aromatic carbocycles. The first-order valence-corrected chi connectivity index (χ1v) is 8.27. The quantitative estimate of drug-likeness (QED) is 0.785. The van der Waals surface area contributed by atoms with Crippen LogP contribution in [0.15, 0.2) is 0 Å². The van der Waals surface area contributed by atoms with E-state index in [1.54, 1.807) is 0 Å². The molecule has 8 heteroatoms. The maximum Gasteiger partial charge on any atom is 0.441 e. The van der Waals surface area contributed by atoms with Gasteiger partial charge < -0.3 is 5.32 Å². The first-order valence-electron chi connectivity index (χ1n) is 5.33. The van der Waals surface area contributed by atoms with Crippen molar-refractivity contribution < 1.29 is 21.6 Å². The summed E-state index contributed by atoms with van der Waals surface area (Å²) < 4.78 is 58.4. The van der Waals surface area contributed by atoms with Crippen LogP contribution in [-0.2, 0) is 9.84 Å². The average molecular weight is 291 g/mol. The molecule has 0 aliphatic heterocycles. The van der Waals surface area contributed by atoms with Gasteiger partial charge in [0.1, 0.15) is 0 Å². The van der Waals surface area contributed by atoms with E-state index in [0.717, 1.165) is 6.42 Å². The molecule has 0 aromatic heterocycles. The lowest BCUT2D eigenvalue weighted by Crippen LogP contribution is -2.41. The van der Waals surface area contributed by atoms with Gasteiger partial charge in [0.05, 0.1) is 5.25 Å². The van der Waals surface area contributed by atoms with Gasteiger partial charge in [-0.2, -0.15) is 13.2 Å². The van der Waals surface area contributed by atoms with Crippen LogP contribution in [0.1, 0.15) is 19.3 Å². The minimum atomic E-state index is -4.21. The van der Waals surface area contributed by atoms with Gasteiger partial charge in [0.25, 0.3) is 0 Å². The van der Waals surface area contributed by atoms with Crippen molar-refractivity contribution in [3.8, 4) is 0 Å². The molecule has 102 valence electrons. The Morgan fingerprint density at radius 1 is 1.35 bits per heavy atom. The lowest BCUT2D eigenvalue weighted by molar-refractivity contribution is -0.0327. The average Bonchev–Trinajstić information content (AvgIpc) is 2.58. The molecule has 1 rings (SSSR count). The molecular weight excluding hydrogens is 275 g/mol. The number of sulfone groups is 1. The van der Waals surface area contributed by atoms with Gasteiger partial charge in [0.15, 0.2) is 9.84 Å². The smallest absolute Gasteiger partial charge is 0.312 e. The second-order valence-corrected chi connectivity index (χ2v) is 7.58. The molecule has 2 unspecified atom stereocenters. The van der Waals surface area contributed by atoms with E-state index in [9.17, 15) is 21.6 Å². The highest BCUT2D eigenvalue weighted by Gasteiger charge is 2.34. The molecule has 1 aliphatic carbocycles. The maximum atomic E-state index is 11.9. The topological polar surface area (TPSA) is 46.2 Å². The molecule has 3 nitrogen and oxygen atoms in total. The highest BCUT2D eigenvalue weighted by atomic mass is 32.2. The largest absolute Gasteiger partial charge is 0.441 e. The molecule has 2 atom stereocenters. The van der Waals surface area contributed by atoms with Crippen LogP contribution in [0.5, 0.6) is 0 Å². The van der Waals surface area contributed by atoms with Crippen molar-refractivity contribution >= 4 is 21.6 Å². The summed E-state index contributed by atoms with van der Waals surface area (Å²) in [5, 5.41) is 2.46. The van der Waals surface area contributed by atoms with Crippen LogP contribution in [0.2, 0.25) is 0 Å². The van der Waals surface area contributed by atoms with Gasteiger partial charge in [-0.15, -0.1) is 0 Å². The molecule has 1 fully saturated rings. The molecule has 0 amide bonds. The highest BCUT2D eigenvalue weighted by molar-refractivity contribution is 8.00. The van der Waals surface area contributed by atoms with Crippen molar-refractivity contribution in [1.29, 1.82) is 0 Å². The van der Waals surface area contributed by atoms with Gasteiger partial charge in [-0.05, 0) is 24.6 Å². The minimum Gasteiger partial charge on any atom is -0.312 e. The Labute approximate surface area is 103 Å². The Hall–Kier alpha value is 0.0500. The highest BCUT2D eigenvalue weighted by Crippen LogP contribution is 2.30. The molecule has 1 saturated carbocycles. The molecule has 0 spiro atoms. The van der Waals surface area contributed by atoms with Crippen molar-refractivity contribution in [3.05, 3.63) is 0 Å². The normalized spacial score (nSPS) is 26.4. The fourth-order valence-corrected chi connectivity index (χ4v) is 3.96. The molecule has 0 heterocycles. The third-order valence-electron chi connectivity index (χ3n) is 2.78.